The molecule has 2 rings (SSSR count). The second-order valence-electron chi connectivity index (χ2n) is 4.58. The molecule has 0 fully saturated rings. The van der Waals surface area contributed by atoms with Crippen LogP contribution in [-0.2, 0) is 20.7 Å². The van der Waals surface area contributed by atoms with Gasteiger partial charge < -0.3 is 14.8 Å². The normalized spacial score (nSPS) is 10.1. The van der Waals surface area contributed by atoms with Crippen LogP contribution in [0.1, 0.15) is 4.88 Å². The maximum atomic E-state index is 11.6. The lowest BCUT2D eigenvalue weighted by Gasteiger charge is -2.07. The summed E-state index contributed by atoms with van der Waals surface area (Å²) in [5.41, 5.74) is 0. The molecule has 0 unspecified atom stereocenters. The van der Waals surface area contributed by atoms with E-state index < -0.39 is 5.97 Å². The number of carbonyl (C=O) groups excluding carboxylic acids is 2. The predicted octanol–water partition coefficient (Wildman–Crippen LogP) is 2.79. The van der Waals surface area contributed by atoms with Crippen molar-refractivity contribution < 1.29 is 19.1 Å². The third-order valence-corrected chi connectivity index (χ3v) is 4.27. The second kappa shape index (κ2) is 9.32. The number of carbonyl (C=O) groups is 2. The molecule has 1 N–H and O–H groups in total. The molecule has 1 aromatic heterocycles. The Morgan fingerprint density at radius 3 is 2.61 bits per heavy atom. The van der Waals surface area contributed by atoms with Crippen LogP contribution in [0.2, 0.25) is 0 Å². The van der Waals surface area contributed by atoms with Crippen LogP contribution in [0.25, 0.3) is 0 Å². The molecule has 0 aliphatic carbocycles. The second-order valence-corrected chi connectivity index (χ2v) is 6.53. The summed E-state index contributed by atoms with van der Waals surface area (Å²) in [6.45, 7) is -0.0105. The van der Waals surface area contributed by atoms with Gasteiger partial charge in [0.25, 0.3) is 5.91 Å². The van der Waals surface area contributed by atoms with Gasteiger partial charge >= 0.3 is 5.97 Å². The van der Waals surface area contributed by atoms with E-state index in [2.05, 4.69) is 21.2 Å². The van der Waals surface area contributed by atoms with Gasteiger partial charge in [-0.15, -0.1) is 11.3 Å². The zero-order chi connectivity index (χ0) is 16.5. The smallest absolute Gasteiger partial charge is 0.344 e. The average Bonchev–Trinajstić information content (AvgIpc) is 3.06. The lowest BCUT2D eigenvalue weighted by molar-refractivity contribution is -0.150. The summed E-state index contributed by atoms with van der Waals surface area (Å²) in [7, 11) is 0. The fraction of sp³-hybridized carbons (Fsp3) is 0.250. The Morgan fingerprint density at radius 1 is 1.13 bits per heavy atom. The molecule has 0 saturated heterocycles. The molecular formula is C16H16BrNO4S. The number of benzene rings is 1. The molecule has 23 heavy (non-hydrogen) atoms. The van der Waals surface area contributed by atoms with E-state index in [1.807, 2.05) is 29.6 Å². The van der Waals surface area contributed by atoms with Crippen molar-refractivity contribution in [2.45, 2.75) is 6.42 Å². The summed E-state index contributed by atoms with van der Waals surface area (Å²) in [6, 6.07) is 11.1. The molecule has 0 spiro atoms. The number of rotatable bonds is 8. The average molecular weight is 398 g/mol. The maximum absolute atomic E-state index is 11.6. The number of hydrogen-bond acceptors (Lipinski definition) is 5. The van der Waals surface area contributed by atoms with Gasteiger partial charge in [0.15, 0.2) is 13.2 Å². The van der Waals surface area contributed by atoms with Gasteiger partial charge in [-0.3, -0.25) is 4.79 Å². The monoisotopic (exact) mass is 397 g/mol. The molecule has 122 valence electrons. The molecule has 1 aromatic carbocycles. The summed E-state index contributed by atoms with van der Waals surface area (Å²) in [5, 5.41) is 4.69. The van der Waals surface area contributed by atoms with E-state index >= 15 is 0 Å². The number of thiophene rings is 1. The van der Waals surface area contributed by atoms with Crippen molar-refractivity contribution >= 4 is 39.1 Å². The molecule has 2 aromatic rings. The topological polar surface area (TPSA) is 64.6 Å². The van der Waals surface area contributed by atoms with E-state index in [1.165, 1.54) is 4.88 Å². The first-order chi connectivity index (χ1) is 11.1. The van der Waals surface area contributed by atoms with Crippen molar-refractivity contribution in [3.8, 4) is 5.75 Å². The Labute approximate surface area is 146 Å². The van der Waals surface area contributed by atoms with Crippen LogP contribution in [0.15, 0.2) is 46.3 Å². The SMILES string of the molecule is O=C(COC(=O)COc1ccc(Br)cc1)NCCc1cccs1. The third-order valence-electron chi connectivity index (χ3n) is 2.81. The van der Waals surface area contributed by atoms with Crippen LogP contribution < -0.4 is 10.1 Å². The number of halogens is 1. The van der Waals surface area contributed by atoms with Crippen LogP contribution in [0.3, 0.4) is 0 Å². The third kappa shape index (κ3) is 6.83. The molecule has 0 aliphatic rings. The summed E-state index contributed by atoms with van der Waals surface area (Å²) in [5.74, 6) is -0.342. The van der Waals surface area contributed by atoms with Gasteiger partial charge in [-0.1, -0.05) is 22.0 Å². The van der Waals surface area contributed by atoms with Gasteiger partial charge in [0, 0.05) is 15.9 Å². The van der Waals surface area contributed by atoms with Crippen molar-refractivity contribution in [1.29, 1.82) is 0 Å². The molecule has 7 heteroatoms. The van der Waals surface area contributed by atoms with Crippen LogP contribution in [0, 0.1) is 0 Å². The molecule has 0 aliphatic heterocycles. The first kappa shape index (κ1) is 17.5. The first-order valence-electron chi connectivity index (χ1n) is 6.96. The number of hydrogen-bond donors (Lipinski definition) is 1. The number of esters is 1. The fourth-order valence-corrected chi connectivity index (χ4v) is 2.67. The van der Waals surface area contributed by atoms with Gasteiger partial charge in [0.05, 0.1) is 0 Å². The first-order valence-corrected chi connectivity index (χ1v) is 8.64. The highest BCUT2D eigenvalue weighted by Gasteiger charge is 2.08. The summed E-state index contributed by atoms with van der Waals surface area (Å²) < 4.78 is 11.0. The van der Waals surface area contributed by atoms with Crippen LogP contribution in [0.5, 0.6) is 5.75 Å². The van der Waals surface area contributed by atoms with E-state index in [9.17, 15) is 9.59 Å². The van der Waals surface area contributed by atoms with Crippen LogP contribution >= 0.6 is 27.3 Å². The highest BCUT2D eigenvalue weighted by Crippen LogP contribution is 2.15. The zero-order valence-corrected chi connectivity index (χ0v) is 14.7. The summed E-state index contributed by atoms with van der Waals surface area (Å²) >= 11 is 4.95. The van der Waals surface area contributed by atoms with Crippen molar-refractivity contribution in [3.05, 3.63) is 51.1 Å². The van der Waals surface area contributed by atoms with E-state index in [-0.39, 0.29) is 19.1 Å². The highest BCUT2D eigenvalue weighted by atomic mass is 79.9. The highest BCUT2D eigenvalue weighted by molar-refractivity contribution is 9.10. The van der Waals surface area contributed by atoms with Gasteiger partial charge in [0.1, 0.15) is 5.75 Å². The lowest BCUT2D eigenvalue weighted by Crippen LogP contribution is -2.31. The molecule has 1 amide bonds. The molecule has 0 bridgehead atoms. The summed E-state index contributed by atoms with van der Waals surface area (Å²) in [4.78, 5) is 24.3. The number of ether oxygens (including phenoxy) is 2. The Balaban J connectivity index is 1.58. The van der Waals surface area contributed by atoms with Crippen molar-refractivity contribution in [1.82, 2.24) is 5.32 Å². The predicted molar refractivity (Wildman–Crippen MR) is 91.6 cm³/mol. The minimum absolute atomic E-state index is 0.232. The lowest BCUT2D eigenvalue weighted by atomic mass is 10.3. The standard InChI is InChI=1S/C16H16BrNO4S/c17-12-3-5-13(6-4-12)21-11-16(20)22-10-15(19)18-8-7-14-2-1-9-23-14/h1-6,9H,7-8,10-11H2,(H,18,19). The van der Waals surface area contributed by atoms with Crippen LogP contribution in [0.4, 0.5) is 0 Å². The Morgan fingerprint density at radius 2 is 1.91 bits per heavy atom. The molecule has 5 nitrogen and oxygen atoms in total. The maximum Gasteiger partial charge on any atom is 0.344 e. The molecule has 0 saturated carbocycles. The molecule has 0 atom stereocenters. The Bertz CT molecular complexity index is 628. The Hall–Kier alpha value is -1.86. The van der Waals surface area contributed by atoms with Gasteiger partial charge in [-0.25, -0.2) is 4.79 Å². The largest absolute Gasteiger partial charge is 0.482 e. The van der Waals surface area contributed by atoms with Gasteiger partial charge in [-0.05, 0) is 42.1 Å². The minimum Gasteiger partial charge on any atom is -0.482 e. The fourth-order valence-electron chi connectivity index (χ4n) is 1.69. The Kier molecular flexibility index (Phi) is 7.09. The van der Waals surface area contributed by atoms with Crippen molar-refractivity contribution in [2.75, 3.05) is 19.8 Å². The van der Waals surface area contributed by atoms with Gasteiger partial charge in [-0.2, -0.15) is 0 Å². The van der Waals surface area contributed by atoms with Crippen molar-refractivity contribution in [2.24, 2.45) is 0 Å². The van der Waals surface area contributed by atoms with E-state index in [4.69, 9.17) is 9.47 Å². The van der Waals surface area contributed by atoms with E-state index in [0.717, 1.165) is 10.9 Å². The van der Waals surface area contributed by atoms with Crippen molar-refractivity contribution in [3.63, 3.8) is 0 Å². The van der Waals surface area contributed by atoms with E-state index in [1.54, 1.807) is 23.5 Å². The molecular weight excluding hydrogens is 382 g/mol. The van der Waals surface area contributed by atoms with E-state index in [0.29, 0.717) is 12.3 Å². The number of nitrogens with one attached hydrogen (secondary N) is 1. The molecule has 1 heterocycles. The quantitative estimate of drug-likeness (QED) is 0.695. The molecule has 0 radical (unpaired) electrons. The number of amides is 1. The van der Waals surface area contributed by atoms with Crippen LogP contribution in [-0.4, -0.2) is 31.6 Å². The zero-order valence-electron chi connectivity index (χ0n) is 12.3. The minimum atomic E-state index is -0.582. The summed E-state index contributed by atoms with van der Waals surface area (Å²) in [6.07, 6.45) is 0.768. The van der Waals surface area contributed by atoms with Gasteiger partial charge in [0.2, 0.25) is 0 Å².